The normalized spacial score (nSPS) is 34.4. The van der Waals surface area contributed by atoms with E-state index in [1.165, 1.54) is 5.56 Å². The molecular formula is C16H21NO2. The van der Waals surface area contributed by atoms with Crippen molar-refractivity contribution in [2.45, 2.75) is 37.8 Å². The summed E-state index contributed by atoms with van der Waals surface area (Å²) in [4.78, 5) is 14.0. The summed E-state index contributed by atoms with van der Waals surface area (Å²) in [6.07, 6.45) is 4.03. The summed E-state index contributed by atoms with van der Waals surface area (Å²) in [6, 6.07) is 11.2. The number of carboxylic acids is 1. The Kier molecular flexibility index (Phi) is 3.31. The van der Waals surface area contributed by atoms with Gasteiger partial charge in [0.2, 0.25) is 0 Å². The molecule has 2 fully saturated rings. The van der Waals surface area contributed by atoms with E-state index in [-0.39, 0.29) is 11.8 Å². The molecule has 3 rings (SSSR count). The molecule has 19 heavy (non-hydrogen) atoms. The van der Waals surface area contributed by atoms with Crippen LogP contribution >= 0.6 is 0 Å². The molecule has 0 saturated carbocycles. The van der Waals surface area contributed by atoms with Gasteiger partial charge in [-0.05, 0) is 44.2 Å². The Morgan fingerprint density at radius 3 is 2.74 bits per heavy atom. The molecule has 3 heteroatoms. The molecule has 3 nitrogen and oxygen atoms in total. The van der Waals surface area contributed by atoms with Crippen molar-refractivity contribution < 1.29 is 9.90 Å². The van der Waals surface area contributed by atoms with Gasteiger partial charge in [-0.25, -0.2) is 0 Å². The molecule has 2 heterocycles. The average molecular weight is 259 g/mol. The van der Waals surface area contributed by atoms with E-state index in [9.17, 15) is 9.90 Å². The van der Waals surface area contributed by atoms with Gasteiger partial charge in [-0.15, -0.1) is 0 Å². The predicted octanol–water partition coefficient (Wildman–Crippen LogP) is 2.41. The standard InChI is InChI=1S/C16H21NO2/c1-17-12-7-8-15(17)13(14(10-12)16(18)19)9-11-5-3-2-4-6-11/h2-6,12-15H,7-10H2,1H3,(H,18,19). The van der Waals surface area contributed by atoms with Crippen molar-refractivity contribution in [3.8, 4) is 0 Å². The second kappa shape index (κ2) is 4.97. The van der Waals surface area contributed by atoms with Gasteiger partial charge in [0.05, 0.1) is 5.92 Å². The molecule has 2 saturated heterocycles. The summed E-state index contributed by atoms with van der Waals surface area (Å²) in [5.74, 6) is -0.525. The van der Waals surface area contributed by atoms with Crippen LogP contribution < -0.4 is 0 Å². The highest BCUT2D eigenvalue weighted by molar-refractivity contribution is 5.71. The van der Waals surface area contributed by atoms with E-state index in [2.05, 4.69) is 24.1 Å². The van der Waals surface area contributed by atoms with Crippen molar-refractivity contribution in [2.24, 2.45) is 11.8 Å². The monoisotopic (exact) mass is 259 g/mol. The molecule has 2 aliphatic heterocycles. The Bertz CT molecular complexity index is 459. The van der Waals surface area contributed by atoms with E-state index < -0.39 is 5.97 Å². The number of fused-ring (bicyclic) bond motifs is 2. The molecular weight excluding hydrogens is 238 g/mol. The molecule has 4 unspecified atom stereocenters. The summed E-state index contributed by atoms with van der Waals surface area (Å²) >= 11 is 0. The fourth-order valence-electron chi connectivity index (χ4n) is 4.03. The van der Waals surface area contributed by atoms with Crippen LogP contribution in [0, 0.1) is 11.8 Å². The lowest BCUT2D eigenvalue weighted by Crippen LogP contribution is -2.49. The fourth-order valence-corrected chi connectivity index (χ4v) is 4.03. The third-order valence-electron chi connectivity index (χ3n) is 5.06. The van der Waals surface area contributed by atoms with Crippen molar-refractivity contribution in [3.05, 3.63) is 35.9 Å². The van der Waals surface area contributed by atoms with Crippen LogP contribution in [0.2, 0.25) is 0 Å². The first-order valence-electron chi connectivity index (χ1n) is 7.15. The third kappa shape index (κ3) is 2.27. The highest BCUT2D eigenvalue weighted by atomic mass is 16.4. The Morgan fingerprint density at radius 2 is 2.05 bits per heavy atom. The molecule has 0 spiro atoms. The van der Waals surface area contributed by atoms with Crippen LogP contribution in [0.25, 0.3) is 0 Å². The van der Waals surface area contributed by atoms with Crippen LogP contribution in [0.1, 0.15) is 24.8 Å². The minimum Gasteiger partial charge on any atom is -0.481 e. The first-order chi connectivity index (χ1) is 9.16. The highest BCUT2D eigenvalue weighted by Gasteiger charge is 2.47. The van der Waals surface area contributed by atoms with E-state index in [1.807, 2.05) is 18.2 Å². The Hall–Kier alpha value is -1.35. The molecule has 0 aliphatic carbocycles. The third-order valence-corrected chi connectivity index (χ3v) is 5.06. The van der Waals surface area contributed by atoms with E-state index in [0.29, 0.717) is 12.1 Å². The molecule has 0 aromatic heterocycles. The quantitative estimate of drug-likeness (QED) is 0.906. The molecule has 102 valence electrons. The van der Waals surface area contributed by atoms with Crippen LogP contribution in [0.3, 0.4) is 0 Å². The van der Waals surface area contributed by atoms with E-state index in [4.69, 9.17) is 0 Å². The second-order valence-corrected chi connectivity index (χ2v) is 6.00. The number of benzene rings is 1. The Morgan fingerprint density at radius 1 is 1.32 bits per heavy atom. The SMILES string of the molecule is CN1C2CCC1C(Cc1ccccc1)C(C(=O)O)C2. The highest BCUT2D eigenvalue weighted by Crippen LogP contribution is 2.42. The average Bonchev–Trinajstić information content (AvgIpc) is 2.65. The van der Waals surface area contributed by atoms with Crippen molar-refractivity contribution >= 4 is 5.97 Å². The minimum absolute atomic E-state index is 0.172. The van der Waals surface area contributed by atoms with Crippen LogP contribution in [0.4, 0.5) is 0 Å². The zero-order valence-electron chi connectivity index (χ0n) is 11.3. The second-order valence-electron chi connectivity index (χ2n) is 6.00. The number of hydrogen-bond acceptors (Lipinski definition) is 2. The van der Waals surface area contributed by atoms with Gasteiger partial charge in [0.25, 0.3) is 0 Å². The lowest BCUT2D eigenvalue weighted by atomic mass is 9.77. The minimum atomic E-state index is -0.606. The van der Waals surface area contributed by atoms with Gasteiger partial charge in [-0.2, -0.15) is 0 Å². The van der Waals surface area contributed by atoms with E-state index in [0.717, 1.165) is 25.7 Å². The lowest BCUT2D eigenvalue weighted by Gasteiger charge is -2.41. The zero-order valence-corrected chi connectivity index (χ0v) is 11.3. The number of aliphatic carboxylic acids is 1. The maximum Gasteiger partial charge on any atom is 0.306 e. The molecule has 0 radical (unpaired) electrons. The Labute approximate surface area is 114 Å². The maximum absolute atomic E-state index is 11.6. The first-order valence-corrected chi connectivity index (χ1v) is 7.15. The van der Waals surface area contributed by atoms with Crippen molar-refractivity contribution in [1.82, 2.24) is 4.90 Å². The van der Waals surface area contributed by atoms with Gasteiger partial charge in [0.1, 0.15) is 0 Å². The predicted molar refractivity (Wildman–Crippen MR) is 74.0 cm³/mol. The number of hydrogen-bond donors (Lipinski definition) is 1. The van der Waals surface area contributed by atoms with Gasteiger partial charge in [0, 0.05) is 12.1 Å². The van der Waals surface area contributed by atoms with Crippen molar-refractivity contribution in [1.29, 1.82) is 0 Å². The number of rotatable bonds is 3. The number of carbonyl (C=O) groups is 1. The fraction of sp³-hybridized carbons (Fsp3) is 0.562. The smallest absolute Gasteiger partial charge is 0.306 e. The summed E-state index contributed by atoms with van der Waals surface area (Å²) in [5, 5.41) is 9.52. The summed E-state index contributed by atoms with van der Waals surface area (Å²) in [7, 11) is 2.17. The molecule has 0 amide bonds. The van der Waals surface area contributed by atoms with Gasteiger partial charge in [-0.1, -0.05) is 30.3 Å². The van der Waals surface area contributed by atoms with E-state index >= 15 is 0 Å². The lowest BCUT2D eigenvalue weighted by molar-refractivity contribution is -0.147. The van der Waals surface area contributed by atoms with Crippen LogP contribution in [0.15, 0.2) is 30.3 Å². The number of piperidine rings is 1. The van der Waals surface area contributed by atoms with Gasteiger partial charge in [-0.3, -0.25) is 4.79 Å². The molecule has 2 bridgehead atoms. The first kappa shape index (κ1) is 12.7. The summed E-state index contributed by atoms with van der Waals surface area (Å²) in [5.41, 5.74) is 1.26. The van der Waals surface area contributed by atoms with Crippen LogP contribution in [0.5, 0.6) is 0 Å². The zero-order chi connectivity index (χ0) is 13.4. The largest absolute Gasteiger partial charge is 0.481 e. The summed E-state index contributed by atoms with van der Waals surface area (Å²) < 4.78 is 0. The molecule has 1 aromatic rings. The van der Waals surface area contributed by atoms with Crippen molar-refractivity contribution in [2.75, 3.05) is 7.05 Å². The summed E-state index contributed by atoms with van der Waals surface area (Å²) in [6.45, 7) is 0. The van der Waals surface area contributed by atoms with Crippen LogP contribution in [-0.4, -0.2) is 35.1 Å². The molecule has 4 atom stereocenters. The van der Waals surface area contributed by atoms with Gasteiger partial charge in [0.15, 0.2) is 0 Å². The number of carboxylic acid groups (broad SMARTS) is 1. The molecule has 1 aromatic carbocycles. The van der Waals surface area contributed by atoms with Crippen molar-refractivity contribution in [3.63, 3.8) is 0 Å². The maximum atomic E-state index is 11.6. The number of nitrogens with zero attached hydrogens (tertiary/aromatic N) is 1. The Balaban J connectivity index is 1.84. The van der Waals surface area contributed by atoms with Crippen LogP contribution in [-0.2, 0) is 11.2 Å². The topological polar surface area (TPSA) is 40.5 Å². The molecule has 2 aliphatic rings. The molecule has 1 N–H and O–H groups in total. The van der Waals surface area contributed by atoms with Gasteiger partial charge >= 0.3 is 5.97 Å². The van der Waals surface area contributed by atoms with E-state index in [1.54, 1.807) is 0 Å². The van der Waals surface area contributed by atoms with Gasteiger partial charge < -0.3 is 10.0 Å².